The molecule has 1 aromatic heterocycles. The van der Waals surface area contributed by atoms with Gasteiger partial charge in [0.25, 0.3) is 6.33 Å². The fourth-order valence-electron chi connectivity index (χ4n) is 1.56. The zero-order valence-electron chi connectivity index (χ0n) is 8.76. The fraction of sp³-hybridized carbons (Fsp3) is 0.600. The number of hydrogen-bond donors (Lipinski definition) is 0. The van der Waals surface area contributed by atoms with E-state index < -0.39 is 0 Å². The van der Waals surface area contributed by atoms with Crippen LogP contribution < -0.4 is 4.57 Å². The lowest BCUT2D eigenvalue weighted by Crippen LogP contribution is -2.29. The van der Waals surface area contributed by atoms with Gasteiger partial charge in [-0.15, -0.1) is 4.57 Å². The molecule has 0 atom stereocenters. The molecule has 2 heterocycles. The normalized spacial score (nSPS) is 17.7. The highest BCUT2D eigenvalue weighted by molar-refractivity contribution is 5.69. The molecule has 0 unspecified atom stereocenters. The summed E-state index contributed by atoms with van der Waals surface area (Å²) < 4.78 is 13.7. The Labute approximate surface area is 88.2 Å². The lowest BCUT2D eigenvalue weighted by atomic mass is 10.2. The zero-order valence-corrected chi connectivity index (χ0v) is 8.76. The molecule has 0 aliphatic carbocycles. The molecule has 5 nitrogen and oxygen atoms in total. The van der Waals surface area contributed by atoms with Crippen LogP contribution in [-0.4, -0.2) is 30.0 Å². The lowest BCUT2D eigenvalue weighted by molar-refractivity contribution is -0.670. The maximum atomic E-state index is 11.6. The third kappa shape index (κ3) is 2.56. The Morgan fingerprint density at radius 3 is 2.87 bits per heavy atom. The number of aryl methyl sites for hydroxylation is 1. The maximum absolute atomic E-state index is 11.6. The van der Waals surface area contributed by atoms with Gasteiger partial charge in [0, 0.05) is 12.8 Å². The van der Waals surface area contributed by atoms with Crippen LogP contribution in [0.5, 0.6) is 0 Å². The first-order chi connectivity index (χ1) is 7.25. The minimum absolute atomic E-state index is 0.000967. The Bertz CT molecular complexity index is 342. The molecular weight excluding hydrogens is 196 g/mol. The predicted molar refractivity (Wildman–Crippen MR) is 51.3 cm³/mol. The van der Waals surface area contributed by atoms with Gasteiger partial charge in [-0.1, -0.05) is 0 Å². The van der Waals surface area contributed by atoms with E-state index in [-0.39, 0.29) is 12.2 Å². The molecule has 82 valence electrons. The maximum Gasteiger partial charge on any atom is 0.511 e. The second-order valence-corrected chi connectivity index (χ2v) is 3.68. The van der Waals surface area contributed by atoms with Crippen molar-refractivity contribution in [2.24, 2.45) is 7.05 Å². The van der Waals surface area contributed by atoms with Crippen molar-refractivity contribution in [2.75, 3.05) is 13.2 Å². The molecule has 0 N–H and O–H groups in total. The summed E-state index contributed by atoms with van der Waals surface area (Å²) in [6, 6.07) is 0. The van der Waals surface area contributed by atoms with Crippen molar-refractivity contribution in [2.45, 2.75) is 18.9 Å². The summed E-state index contributed by atoms with van der Waals surface area (Å²) in [5.74, 6) is 0. The number of ether oxygens (including phenoxy) is 2. The fourth-order valence-corrected chi connectivity index (χ4v) is 1.56. The van der Waals surface area contributed by atoms with Gasteiger partial charge in [0.15, 0.2) is 0 Å². The van der Waals surface area contributed by atoms with Gasteiger partial charge < -0.3 is 9.47 Å². The van der Waals surface area contributed by atoms with Crippen molar-refractivity contribution in [3.8, 4) is 0 Å². The van der Waals surface area contributed by atoms with Crippen molar-refractivity contribution >= 4 is 6.09 Å². The average Bonchev–Trinajstić information content (AvgIpc) is 2.66. The molecule has 5 heteroatoms. The van der Waals surface area contributed by atoms with Crippen LogP contribution in [0.3, 0.4) is 0 Å². The van der Waals surface area contributed by atoms with Crippen LogP contribution in [0.2, 0.25) is 0 Å². The van der Waals surface area contributed by atoms with Crippen molar-refractivity contribution < 1.29 is 18.8 Å². The second-order valence-electron chi connectivity index (χ2n) is 3.68. The number of rotatable bonds is 1. The Morgan fingerprint density at radius 1 is 1.53 bits per heavy atom. The third-order valence-corrected chi connectivity index (χ3v) is 2.42. The molecule has 0 amide bonds. The Hall–Kier alpha value is -1.36. The summed E-state index contributed by atoms with van der Waals surface area (Å²) in [7, 11) is 1.86. The molecular formula is C10H15N2O3+. The highest BCUT2D eigenvalue weighted by atomic mass is 16.6. The van der Waals surface area contributed by atoms with E-state index >= 15 is 0 Å². The molecule has 1 saturated heterocycles. The molecule has 1 aliphatic heterocycles. The summed E-state index contributed by atoms with van der Waals surface area (Å²) in [5.41, 5.74) is 0. The lowest BCUT2D eigenvalue weighted by Gasteiger charge is -2.20. The van der Waals surface area contributed by atoms with E-state index in [1.165, 1.54) is 4.57 Å². The van der Waals surface area contributed by atoms with Crippen molar-refractivity contribution in [1.29, 1.82) is 0 Å². The summed E-state index contributed by atoms with van der Waals surface area (Å²) in [4.78, 5) is 11.6. The van der Waals surface area contributed by atoms with Gasteiger partial charge in [-0.2, -0.15) is 4.79 Å². The van der Waals surface area contributed by atoms with Gasteiger partial charge in [0.2, 0.25) is 0 Å². The molecule has 0 saturated carbocycles. The van der Waals surface area contributed by atoms with E-state index in [2.05, 4.69) is 0 Å². The highest BCUT2D eigenvalue weighted by Gasteiger charge is 2.21. The standard InChI is InChI=1S/C10H15N2O3/c1-11-4-5-12(8-11)10(13)15-9-2-6-14-7-3-9/h4-5,8-9H,2-3,6-7H2,1H3/q+1. The number of carbonyl (C=O) groups excluding carboxylic acids is 1. The predicted octanol–water partition coefficient (Wildman–Crippen LogP) is 0.476. The Morgan fingerprint density at radius 2 is 2.27 bits per heavy atom. The van der Waals surface area contributed by atoms with E-state index in [1.54, 1.807) is 23.3 Å². The molecule has 2 rings (SSSR count). The van der Waals surface area contributed by atoms with Crippen LogP contribution in [0.4, 0.5) is 4.79 Å². The first kappa shape index (κ1) is 10.2. The van der Waals surface area contributed by atoms with Gasteiger partial charge in [0.05, 0.1) is 20.3 Å². The average molecular weight is 211 g/mol. The summed E-state index contributed by atoms with van der Waals surface area (Å²) in [6.07, 6.45) is 6.42. The van der Waals surface area contributed by atoms with Crippen molar-refractivity contribution in [3.05, 3.63) is 18.7 Å². The minimum Gasteiger partial charge on any atom is -0.427 e. The SMILES string of the molecule is C[n+]1ccn(C(=O)OC2CCOCC2)c1. The second kappa shape index (κ2) is 4.44. The van der Waals surface area contributed by atoms with Crippen molar-refractivity contribution in [1.82, 2.24) is 4.57 Å². The number of hydrogen-bond acceptors (Lipinski definition) is 3. The summed E-state index contributed by atoms with van der Waals surface area (Å²) in [5, 5.41) is 0. The first-order valence-corrected chi connectivity index (χ1v) is 5.07. The van der Waals surface area contributed by atoms with Gasteiger partial charge in [0.1, 0.15) is 18.5 Å². The van der Waals surface area contributed by atoms with Gasteiger partial charge in [-0.3, -0.25) is 0 Å². The number of imidazole rings is 1. The molecule has 1 fully saturated rings. The van der Waals surface area contributed by atoms with Crippen LogP contribution in [-0.2, 0) is 16.5 Å². The molecule has 0 aromatic carbocycles. The summed E-state index contributed by atoms with van der Waals surface area (Å²) in [6.45, 7) is 1.36. The molecule has 1 aromatic rings. The van der Waals surface area contributed by atoms with Crippen LogP contribution in [0, 0.1) is 0 Å². The highest BCUT2D eigenvalue weighted by Crippen LogP contribution is 2.11. The third-order valence-electron chi connectivity index (χ3n) is 2.42. The topological polar surface area (TPSA) is 44.3 Å². The first-order valence-electron chi connectivity index (χ1n) is 5.07. The Kier molecular flexibility index (Phi) is 3.01. The smallest absolute Gasteiger partial charge is 0.427 e. The quantitative estimate of drug-likeness (QED) is 0.634. The van der Waals surface area contributed by atoms with E-state index in [0.29, 0.717) is 13.2 Å². The van der Waals surface area contributed by atoms with E-state index in [4.69, 9.17) is 9.47 Å². The van der Waals surface area contributed by atoms with Crippen LogP contribution >= 0.6 is 0 Å². The zero-order chi connectivity index (χ0) is 10.7. The van der Waals surface area contributed by atoms with Crippen LogP contribution in [0.25, 0.3) is 0 Å². The molecule has 0 spiro atoms. The van der Waals surface area contributed by atoms with Crippen LogP contribution in [0.15, 0.2) is 18.7 Å². The Balaban J connectivity index is 1.91. The largest absolute Gasteiger partial charge is 0.511 e. The summed E-state index contributed by atoms with van der Waals surface area (Å²) >= 11 is 0. The molecule has 15 heavy (non-hydrogen) atoms. The van der Waals surface area contributed by atoms with E-state index in [9.17, 15) is 4.79 Å². The van der Waals surface area contributed by atoms with Gasteiger partial charge >= 0.3 is 6.09 Å². The molecule has 0 radical (unpaired) electrons. The molecule has 1 aliphatic rings. The monoisotopic (exact) mass is 211 g/mol. The minimum atomic E-state index is -0.317. The van der Waals surface area contributed by atoms with E-state index in [0.717, 1.165) is 12.8 Å². The van der Waals surface area contributed by atoms with Crippen molar-refractivity contribution in [3.63, 3.8) is 0 Å². The van der Waals surface area contributed by atoms with Gasteiger partial charge in [-0.05, 0) is 0 Å². The number of carbonyl (C=O) groups is 1. The number of aromatic nitrogens is 2. The van der Waals surface area contributed by atoms with Crippen LogP contribution in [0.1, 0.15) is 12.8 Å². The molecule has 0 bridgehead atoms. The van der Waals surface area contributed by atoms with Gasteiger partial charge in [-0.25, -0.2) is 4.57 Å². The van der Waals surface area contributed by atoms with E-state index in [1.807, 2.05) is 7.05 Å². The number of nitrogens with zero attached hydrogens (tertiary/aromatic N) is 2.